The number of nitrogens with one attached hydrogen (secondary N) is 1. The summed E-state index contributed by atoms with van der Waals surface area (Å²) in [4.78, 5) is 8.49. The molecule has 1 rings (SSSR count). The van der Waals surface area contributed by atoms with Crippen LogP contribution in [0.4, 0.5) is 0 Å². The lowest BCUT2D eigenvalue weighted by Gasteiger charge is -2.19. The Bertz CT molecular complexity index is 328. The maximum atomic E-state index is 8.95. The van der Waals surface area contributed by atoms with Crippen molar-refractivity contribution in [3.63, 3.8) is 0 Å². The molecule has 0 saturated carbocycles. The van der Waals surface area contributed by atoms with Gasteiger partial charge in [-0.3, -0.25) is 0 Å². The first-order valence-corrected chi connectivity index (χ1v) is 5.21. The molecule has 84 valence electrons. The minimum absolute atomic E-state index is 0.0840. The van der Waals surface area contributed by atoms with Crippen LogP contribution in [0.3, 0.4) is 0 Å². The van der Waals surface area contributed by atoms with E-state index in [1.807, 2.05) is 33.9 Å². The van der Waals surface area contributed by atoms with Crippen molar-refractivity contribution in [3.05, 3.63) is 23.3 Å². The van der Waals surface area contributed by atoms with Gasteiger partial charge in [0, 0.05) is 29.5 Å². The van der Waals surface area contributed by atoms with E-state index in [2.05, 4.69) is 15.3 Å². The molecule has 4 nitrogen and oxygen atoms in total. The second-order valence-corrected chi connectivity index (χ2v) is 3.93. The van der Waals surface area contributed by atoms with Crippen molar-refractivity contribution in [3.8, 4) is 0 Å². The van der Waals surface area contributed by atoms with E-state index < -0.39 is 0 Å². The predicted octanol–water partition coefficient (Wildman–Crippen LogP) is 1.12. The molecule has 0 aliphatic heterocycles. The first-order valence-electron chi connectivity index (χ1n) is 5.21. The van der Waals surface area contributed by atoms with Crippen LogP contribution in [0, 0.1) is 13.8 Å². The van der Waals surface area contributed by atoms with E-state index >= 15 is 0 Å². The molecule has 0 fully saturated rings. The van der Waals surface area contributed by atoms with Gasteiger partial charge in [0.25, 0.3) is 0 Å². The van der Waals surface area contributed by atoms with E-state index in [0.717, 1.165) is 17.1 Å². The van der Waals surface area contributed by atoms with E-state index in [-0.39, 0.29) is 18.7 Å². The van der Waals surface area contributed by atoms with Crippen molar-refractivity contribution in [2.75, 3.05) is 6.61 Å². The molecule has 4 heteroatoms. The number of aliphatic hydroxyl groups is 1. The summed E-state index contributed by atoms with van der Waals surface area (Å²) in [5.74, 6) is 0.790. The number of hydrogen-bond acceptors (Lipinski definition) is 4. The number of hydrogen-bond donors (Lipinski definition) is 2. The average Bonchev–Trinajstić information content (AvgIpc) is 2.17. The molecule has 0 radical (unpaired) electrons. The van der Waals surface area contributed by atoms with Gasteiger partial charge in [0.15, 0.2) is 0 Å². The Labute approximate surface area is 90.8 Å². The van der Waals surface area contributed by atoms with Crippen LogP contribution in [0.2, 0.25) is 0 Å². The quantitative estimate of drug-likeness (QED) is 0.780. The monoisotopic (exact) mass is 209 g/mol. The molecular weight excluding hydrogens is 190 g/mol. The predicted molar refractivity (Wildman–Crippen MR) is 59.6 cm³/mol. The van der Waals surface area contributed by atoms with E-state index in [0.29, 0.717) is 0 Å². The van der Waals surface area contributed by atoms with Crippen molar-refractivity contribution in [2.24, 2.45) is 0 Å². The standard InChI is InChI=1S/C11H19N3O/c1-7(6-15)13-8(2)11-5-12-10(4)14-9(11)3/h5,7-8,13,15H,6H2,1-4H3/t7-,8?/m1/s1. The Morgan fingerprint density at radius 2 is 2.07 bits per heavy atom. The lowest BCUT2D eigenvalue weighted by atomic mass is 10.1. The highest BCUT2D eigenvalue weighted by Crippen LogP contribution is 2.14. The molecule has 0 amide bonds. The molecule has 0 saturated heterocycles. The van der Waals surface area contributed by atoms with Crippen LogP contribution in [-0.2, 0) is 0 Å². The summed E-state index contributed by atoms with van der Waals surface area (Å²) in [5.41, 5.74) is 2.08. The molecule has 15 heavy (non-hydrogen) atoms. The van der Waals surface area contributed by atoms with Gasteiger partial charge >= 0.3 is 0 Å². The summed E-state index contributed by atoms with van der Waals surface area (Å²) in [6.45, 7) is 7.99. The number of rotatable bonds is 4. The molecule has 0 aliphatic rings. The van der Waals surface area contributed by atoms with Gasteiger partial charge in [-0.2, -0.15) is 0 Å². The van der Waals surface area contributed by atoms with Gasteiger partial charge in [-0.25, -0.2) is 9.97 Å². The van der Waals surface area contributed by atoms with E-state index in [9.17, 15) is 0 Å². The van der Waals surface area contributed by atoms with E-state index in [1.54, 1.807) is 0 Å². The second kappa shape index (κ2) is 5.19. The highest BCUT2D eigenvalue weighted by atomic mass is 16.3. The molecule has 1 heterocycles. The van der Waals surface area contributed by atoms with Crippen LogP contribution in [-0.4, -0.2) is 27.7 Å². The van der Waals surface area contributed by atoms with Gasteiger partial charge in [-0.05, 0) is 27.7 Å². The first kappa shape index (κ1) is 12.1. The molecule has 0 aromatic carbocycles. The van der Waals surface area contributed by atoms with E-state index in [4.69, 9.17) is 5.11 Å². The average molecular weight is 209 g/mol. The molecule has 0 aliphatic carbocycles. The van der Waals surface area contributed by atoms with Gasteiger partial charge in [-0.1, -0.05) is 0 Å². The highest BCUT2D eigenvalue weighted by molar-refractivity contribution is 5.19. The fourth-order valence-electron chi connectivity index (χ4n) is 1.59. The molecule has 2 atom stereocenters. The lowest BCUT2D eigenvalue weighted by Crippen LogP contribution is -2.32. The third-order valence-corrected chi connectivity index (χ3v) is 2.41. The van der Waals surface area contributed by atoms with Crippen molar-refractivity contribution < 1.29 is 5.11 Å². The van der Waals surface area contributed by atoms with Crippen LogP contribution >= 0.6 is 0 Å². The van der Waals surface area contributed by atoms with Crippen molar-refractivity contribution >= 4 is 0 Å². The van der Waals surface area contributed by atoms with Gasteiger partial charge in [0.1, 0.15) is 5.82 Å². The summed E-state index contributed by atoms with van der Waals surface area (Å²) < 4.78 is 0. The third-order valence-electron chi connectivity index (χ3n) is 2.41. The van der Waals surface area contributed by atoms with Crippen LogP contribution in [0.25, 0.3) is 0 Å². The molecule has 0 bridgehead atoms. The Kier molecular flexibility index (Phi) is 4.17. The van der Waals surface area contributed by atoms with E-state index in [1.165, 1.54) is 0 Å². The van der Waals surface area contributed by atoms with Gasteiger partial charge < -0.3 is 10.4 Å². The third kappa shape index (κ3) is 3.25. The molecular formula is C11H19N3O. The Hall–Kier alpha value is -1.00. The fraction of sp³-hybridized carbons (Fsp3) is 0.636. The van der Waals surface area contributed by atoms with Crippen molar-refractivity contribution in [1.29, 1.82) is 0 Å². The van der Waals surface area contributed by atoms with Crippen LogP contribution in [0.5, 0.6) is 0 Å². The Morgan fingerprint density at radius 1 is 1.40 bits per heavy atom. The minimum Gasteiger partial charge on any atom is -0.395 e. The fourth-order valence-corrected chi connectivity index (χ4v) is 1.59. The maximum absolute atomic E-state index is 8.95. The zero-order valence-electron chi connectivity index (χ0n) is 9.78. The lowest BCUT2D eigenvalue weighted by molar-refractivity contribution is 0.243. The number of aliphatic hydroxyl groups excluding tert-OH is 1. The number of aromatic nitrogens is 2. The summed E-state index contributed by atoms with van der Waals surface area (Å²) in [7, 11) is 0. The summed E-state index contributed by atoms with van der Waals surface area (Å²) in [6, 6.07) is 0.244. The summed E-state index contributed by atoms with van der Waals surface area (Å²) in [6.07, 6.45) is 1.85. The molecule has 1 unspecified atom stereocenters. The zero-order chi connectivity index (χ0) is 11.4. The highest BCUT2D eigenvalue weighted by Gasteiger charge is 2.12. The molecule has 2 N–H and O–H groups in total. The molecule has 1 aromatic rings. The normalized spacial score (nSPS) is 15.0. The van der Waals surface area contributed by atoms with Gasteiger partial charge in [0.2, 0.25) is 0 Å². The maximum Gasteiger partial charge on any atom is 0.125 e. The summed E-state index contributed by atoms with van der Waals surface area (Å²) in [5, 5.41) is 12.2. The number of nitrogens with zero attached hydrogens (tertiary/aromatic N) is 2. The van der Waals surface area contributed by atoms with Gasteiger partial charge in [-0.15, -0.1) is 0 Å². The molecule has 1 aromatic heterocycles. The Morgan fingerprint density at radius 3 is 2.60 bits per heavy atom. The van der Waals surface area contributed by atoms with Gasteiger partial charge in [0.05, 0.1) is 6.61 Å². The minimum atomic E-state index is 0.0840. The van der Waals surface area contributed by atoms with Crippen LogP contribution in [0.15, 0.2) is 6.20 Å². The smallest absolute Gasteiger partial charge is 0.125 e. The Balaban J connectivity index is 2.77. The van der Waals surface area contributed by atoms with Crippen LogP contribution < -0.4 is 5.32 Å². The second-order valence-electron chi connectivity index (χ2n) is 3.93. The number of aryl methyl sites for hydroxylation is 2. The van der Waals surface area contributed by atoms with Crippen molar-refractivity contribution in [2.45, 2.75) is 39.8 Å². The van der Waals surface area contributed by atoms with Crippen molar-refractivity contribution in [1.82, 2.24) is 15.3 Å². The SMILES string of the molecule is Cc1ncc(C(C)N[C@H](C)CO)c(C)n1. The largest absolute Gasteiger partial charge is 0.395 e. The van der Waals surface area contributed by atoms with Crippen LogP contribution in [0.1, 0.15) is 37.0 Å². The first-order chi connectivity index (χ1) is 7.04. The molecule has 0 spiro atoms. The summed E-state index contributed by atoms with van der Waals surface area (Å²) >= 11 is 0. The topological polar surface area (TPSA) is 58.0 Å². The zero-order valence-corrected chi connectivity index (χ0v) is 9.78.